The van der Waals surface area contributed by atoms with Gasteiger partial charge in [0, 0.05) is 5.56 Å². The fourth-order valence-electron chi connectivity index (χ4n) is 1.24. The quantitative estimate of drug-likeness (QED) is 0.744. The average molecular weight is 199 g/mol. The molecule has 1 amide bonds. The lowest BCUT2D eigenvalue weighted by Crippen LogP contribution is -2.10. The first-order valence-electron chi connectivity index (χ1n) is 4.54. The molecular weight excluding hydrogens is 186 g/mol. The van der Waals surface area contributed by atoms with Crippen molar-refractivity contribution in [3.63, 3.8) is 0 Å². The van der Waals surface area contributed by atoms with E-state index >= 15 is 0 Å². The molecule has 2 N–H and O–H groups in total. The molecule has 1 aromatic rings. The predicted molar refractivity (Wildman–Crippen MR) is 63.3 cm³/mol. The molecule has 0 fully saturated rings. The van der Waals surface area contributed by atoms with Crippen LogP contribution in [0.2, 0.25) is 0 Å². The SMILES string of the molecule is C=C/C=C(\C=C)c1ccc(C(N)=O)cc1. The molecule has 0 radical (unpaired) electrons. The molecule has 1 rings (SSSR count). The Bertz CT molecular complexity index is 413. The van der Waals surface area contributed by atoms with Gasteiger partial charge in [-0.05, 0) is 23.3 Å². The summed E-state index contributed by atoms with van der Waals surface area (Å²) in [6.45, 7) is 7.33. The van der Waals surface area contributed by atoms with Crippen molar-refractivity contribution in [2.45, 2.75) is 0 Å². The number of carbonyl (C=O) groups is 1. The Labute approximate surface area is 89.4 Å². The number of hydrogen-bond donors (Lipinski definition) is 1. The molecule has 0 unspecified atom stereocenters. The normalized spacial score (nSPS) is 10.8. The van der Waals surface area contributed by atoms with Gasteiger partial charge in [0.25, 0.3) is 0 Å². The highest BCUT2D eigenvalue weighted by Crippen LogP contribution is 2.16. The van der Waals surface area contributed by atoms with Crippen LogP contribution in [0.1, 0.15) is 15.9 Å². The summed E-state index contributed by atoms with van der Waals surface area (Å²) in [5.74, 6) is -0.422. The number of nitrogens with two attached hydrogens (primary N) is 1. The molecule has 2 heteroatoms. The lowest BCUT2D eigenvalue weighted by atomic mass is 10.0. The standard InChI is InChI=1S/C13H13NO/c1-3-5-10(4-2)11-6-8-12(9-7-11)13(14)15/h3-9H,1-2H2,(H2,14,15)/b10-5+. The first-order chi connectivity index (χ1) is 7.19. The van der Waals surface area contributed by atoms with Crippen LogP contribution in [0, 0.1) is 0 Å². The third-order valence-corrected chi connectivity index (χ3v) is 2.02. The average Bonchev–Trinajstić information content (AvgIpc) is 2.26. The summed E-state index contributed by atoms with van der Waals surface area (Å²) in [6.07, 6.45) is 5.28. The Morgan fingerprint density at radius 3 is 2.07 bits per heavy atom. The fourth-order valence-corrected chi connectivity index (χ4v) is 1.24. The van der Waals surface area contributed by atoms with Crippen LogP contribution in [0.4, 0.5) is 0 Å². The Balaban J connectivity index is 3.07. The minimum absolute atomic E-state index is 0.422. The van der Waals surface area contributed by atoms with Gasteiger partial charge in [0.05, 0.1) is 0 Å². The number of amides is 1. The number of allylic oxidation sites excluding steroid dienone is 4. The van der Waals surface area contributed by atoms with E-state index in [0.717, 1.165) is 11.1 Å². The molecule has 0 atom stereocenters. The highest BCUT2D eigenvalue weighted by molar-refractivity contribution is 5.93. The molecule has 1 aromatic carbocycles. The summed E-state index contributed by atoms with van der Waals surface area (Å²) in [7, 11) is 0. The Morgan fingerprint density at radius 2 is 1.67 bits per heavy atom. The molecular formula is C13H13NO. The highest BCUT2D eigenvalue weighted by atomic mass is 16.1. The molecule has 76 valence electrons. The minimum atomic E-state index is -0.422. The summed E-state index contributed by atoms with van der Waals surface area (Å²) in [5.41, 5.74) is 7.58. The molecule has 0 saturated heterocycles. The number of rotatable bonds is 4. The zero-order valence-electron chi connectivity index (χ0n) is 8.44. The second-order valence-corrected chi connectivity index (χ2v) is 3.00. The van der Waals surface area contributed by atoms with Crippen molar-refractivity contribution in [3.05, 3.63) is 66.8 Å². The zero-order chi connectivity index (χ0) is 11.3. The first-order valence-corrected chi connectivity index (χ1v) is 4.54. The van der Waals surface area contributed by atoms with E-state index < -0.39 is 5.91 Å². The lowest BCUT2D eigenvalue weighted by Gasteiger charge is -2.02. The molecule has 0 spiro atoms. The van der Waals surface area contributed by atoms with Gasteiger partial charge in [0.2, 0.25) is 5.91 Å². The van der Waals surface area contributed by atoms with Gasteiger partial charge in [0.1, 0.15) is 0 Å². The highest BCUT2D eigenvalue weighted by Gasteiger charge is 2.00. The largest absolute Gasteiger partial charge is 0.366 e. The molecule has 15 heavy (non-hydrogen) atoms. The van der Waals surface area contributed by atoms with Crippen LogP contribution in [0.15, 0.2) is 55.7 Å². The predicted octanol–water partition coefficient (Wildman–Crippen LogP) is 2.54. The molecule has 0 aliphatic heterocycles. The molecule has 0 saturated carbocycles. The molecule has 0 heterocycles. The van der Waals surface area contributed by atoms with E-state index in [9.17, 15) is 4.79 Å². The molecule has 0 aliphatic rings. The van der Waals surface area contributed by atoms with Gasteiger partial charge in [-0.2, -0.15) is 0 Å². The molecule has 0 aromatic heterocycles. The van der Waals surface area contributed by atoms with Crippen LogP contribution < -0.4 is 5.73 Å². The van der Waals surface area contributed by atoms with Gasteiger partial charge in [-0.15, -0.1) is 0 Å². The van der Waals surface area contributed by atoms with Crippen molar-refractivity contribution in [1.29, 1.82) is 0 Å². The topological polar surface area (TPSA) is 43.1 Å². The van der Waals surface area contributed by atoms with Gasteiger partial charge in [-0.25, -0.2) is 0 Å². The maximum Gasteiger partial charge on any atom is 0.248 e. The van der Waals surface area contributed by atoms with E-state index in [2.05, 4.69) is 13.2 Å². The van der Waals surface area contributed by atoms with Crippen LogP contribution >= 0.6 is 0 Å². The van der Waals surface area contributed by atoms with Crippen molar-refractivity contribution in [3.8, 4) is 0 Å². The summed E-state index contributed by atoms with van der Waals surface area (Å²) < 4.78 is 0. The van der Waals surface area contributed by atoms with Gasteiger partial charge >= 0.3 is 0 Å². The smallest absolute Gasteiger partial charge is 0.248 e. The van der Waals surface area contributed by atoms with Crippen molar-refractivity contribution in [1.82, 2.24) is 0 Å². The van der Waals surface area contributed by atoms with E-state index in [4.69, 9.17) is 5.73 Å². The van der Waals surface area contributed by atoms with E-state index in [1.807, 2.05) is 18.2 Å². The number of benzene rings is 1. The van der Waals surface area contributed by atoms with Crippen molar-refractivity contribution in [2.75, 3.05) is 0 Å². The van der Waals surface area contributed by atoms with Gasteiger partial charge < -0.3 is 5.73 Å². The monoisotopic (exact) mass is 199 g/mol. The summed E-state index contributed by atoms with van der Waals surface area (Å²) in [6, 6.07) is 7.05. The molecule has 0 bridgehead atoms. The second-order valence-electron chi connectivity index (χ2n) is 3.00. The summed E-state index contributed by atoms with van der Waals surface area (Å²) in [4.78, 5) is 10.8. The van der Waals surface area contributed by atoms with Crippen LogP contribution in [-0.4, -0.2) is 5.91 Å². The van der Waals surface area contributed by atoms with Crippen LogP contribution in [0.3, 0.4) is 0 Å². The Morgan fingerprint density at radius 1 is 1.13 bits per heavy atom. The molecule has 2 nitrogen and oxygen atoms in total. The number of carbonyl (C=O) groups excluding carboxylic acids is 1. The summed E-state index contributed by atoms with van der Waals surface area (Å²) >= 11 is 0. The van der Waals surface area contributed by atoms with Gasteiger partial charge in [-0.3, -0.25) is 4.79 Å². The third kappa shape index (κ3) is 2.68. The van der Waals surface area contributed by atoms with Crippen molar-refractivity contribution >= 4 is 11.5 Å². The van der Waals surface area contributed by atoms with E-state index in [0.29, 0.717) is 5.56 Å². The van der Waals surface area contributed by atoms with E-state index in [-0.39, 0.29) is 0 Å². The minimum Gasteiger partial charge on any atom is -0.366 e. The summed E-state index contributed by atoms with van der Waals surface area (Å²) in [5, 5.41) is 0. The van der Waals surface area contributed by atoms with Gasteiger partial charge in [-0.1, -0.05) is 43.5 Å². The van der Waals surface area contributed by atoms with Crippen LogP contribution in [0.5, 0.6) is 0 Å². The first kappa shape index (κ1) is 11.0. The zero-order valence-corrected chi connectivity index (χ0v) is 8.44. The number of primary amides is 1. The van der Waals surface area contributed by atoms with Crippen molar-refractivity contribution in [2.24, 2.45) is 5.73 Å². The van der Waals surface area contributed by atoms with Crippen molar-refractivity contribution < 1.29 is 4.79 Å². The fraction of sp³-hybridized carbons (Fsp3) is 0. The van der Waals surface area contributed by atoms with Crippen LogP contribution in [-0.2, 0) is 0 Å². The third-order valence-electron chi connectivity index (χ3n) is 2.02. The number of hydrogen-bond acceptors (Lipinski definition) is 1. The maximum absolute atomic E-state index is 10.8. The second kappa shape index (κ2) is 4.96. The van der Waals surface area contributed by atoms with Gasteiger partial charge in [0.15, 0.2) is 0 Å². The Kier molecular flexibility index (Phi) is 3.63. The Hall–Kier alpha value is -2.09. The van der Waals surface area contributed by atoms with Crippen LogP contribution in [0.25, 0.3) is 5.57 Å². The molecule has 0 aliphatic carbocycles. The lowest BCUT2D eigenvalue weighted by molar-refractivity contribution is 0.100. The maximum atomic E-state index is 10.8. The van der Waals surface area contributed by atoms with E-state index in [1.165, 1.54) is 0 Å². The van der Waals surface area contributed by atoms with E-state index in [1.54, 1.807) is 24.3 Å².